The fourth-order valence-electron chi connectivity index (χ4n) is 1.54. The summed E-state index contributed by atoms with van der Waals surface area (Å²) in [6.07, 6.45) is 0. The minimum Gasteiger partial charge on any atom is -0.357 e. The van der Waals surface area contributed by atoms with Gasteiger partial charge in [0.05, 0.1) is 0 Å². The lowest BCUT2D eigenvalue weighted by molar-refractivity contribution is 0.573. The van der Waals surface area contributed by atoms with Crippen LogP contribution in [0.2, 0.25) is 0 Å². The summed E-state index contributed by atoms with van der Waals surface area (Å²) in [5.41, 5.74) is 6.70. The Morgan fingerprint density at radius 2 is 2.20 bits per heavy atom. The highest BCUT2D eigenvalue weighted by Gasteiger charge is 2.09. The predicted molar refractivity (Wildman–Crippen MR) is 65.1 cm³/mol. The molecule has 1 rings (SSSR count). The number of rotatable bonds is 5. The Morgan fingerprint density at radius 1 is 1.47 bits per heavy atom. The van der Waals surface area contributed by atoms with Gasteiger partial charge in [0, 0.05) is 18.8 Å². The van der Waals surface area contributed by atoms with Crippen LogP contribution in [0.25, 0.3) is 0 Å². The van der Waals surface area contributed by atoms with E-state index in [1.54, 1.807) is 0 Å². The van der Waals surface area contributed by atoms with Gasteiger partial charge in [0.2, 0.25) is 0 Å². The van der Waals surface area contributed by atoms with Gasteiger partial charge in [-0.2, -0.15) is 0 Å². The quantitative estimate of drug-likeness (QED) is 0.800. The molecule has 0 amide bonds. The number of anilines is 1. The molecule has 1 heterocycles. The Kier molecular flexibility index (Phi) is 4.56. The first-order chi connectivity index (χ1) is 7.17. The van der Waals surface area contributed by atoms with Crippen molar-refractivity contribution in [2.45, 2.75) is 20.8 Å². The van der Waals surface area contributed by atoms with Gasteiger partial charge in [-0.15, -0.1) is 0 Å². The summed E-state index contributed by atoms with van der Waals surface area (Å²) in [6, 6.07) is 6.12. The molecule has 0 aromatic carbocycles. The molecule has 0 bridgehead atoms. The van der Waals surface area contributed by atoms with Crippen molar-refractivity contribution in [3.8, 4) is 0 Å². The van der Waals surface area contributed by atoms with Gasteiger partial charge < -0.3 is 10.6 Å². The maximum atomic E-state index is 5.64. The number of pyridine rings is 1. The zero-order valence-electron chi connectivity index (χ0n) is 9.90. The normalized spacial score (nSPS) is 12.5. The molecule has 1 aromatic rings. The van der Waals surface area contributed by atoms with Crippen LogP contribution >= 0.6 is 0 Å². The van der Waals surface area contributed by atoms with Gasteiger partial charge in [0.15, 0.2) is 0 Å². The summed E-state index contributed by atoms with van der Waals surface area (Å²) in [5, 5.41) is 0. The number of nitrogens with two attached hydrogens (primary N) is 1. The minimum atomic E-state index is 0.507. The second-order valence-electron chi connectivity index (χ2n) is 4.02. The zero-order chi connectivity index (χ0) is 11.3. The molecule has 0 aliphatic heterocycles. The van der Waals surface area contributed by atoms with Gasteiger partial charge >= 0.3 is 0 Å². The second-order valence-corrected chi connectivity index (χ2v) is 4.02. The third-order valence-electron chi connectivity index (χ3n) is 2.51. The topological polar surface area (TPSA) is 42.1 Å². The van der Waals surface area contributed by atoms with Crippen LogP contribution in [0.1, 0.15) is 19.5 Å². The van der Waals surface area contributed by atoms with E-state index in [-0.39, 0.29) is 0 Å². The number of aromatic nitrogens is 1. The van der Waals surface area contributed by atoms with Crippen LogP contribution in [0.4, 0.5) is 5.82 Å². The molecule has 0 spiro atoms. The first-order valence-corrected chi connectivity index (χ1v) is 5.56. The third kappa shape index (κ3) is 3.51. The number of nitrogens with zero attached hydrogens (tertiary/aromatic N) is 2. The van der Waals surface area contributed by atoms with Gasteiger partial charge in [-0.1, -0.05) is 13.0 Å². The molecule has 1 aromatic heterocycles. The average molecular weight is 207 g/mol. The van der Waals surface area contributed by atoms with E-state index < -0.39 is 0 Å². The summed E-state index contributed by atoms with van der Waals surface area (Å²) in [7, 11) is 0. The molecule has 3 nitrogen and oxygen atoms in total. The van der Waals surface area contributed by atoms with E-state index in [9.17, 15) is 0 Å². The zero-order valence-corrected chi connectivity index (χ0v) is 9.90. The maximum absolute atomic E-state index is 5.64. The minimum absolute atomic E-state index is 0.507. The first kappa shape index (κ1) is 12.0. The highest BCUT2D eigenvalue weighted by Crippen LogP contribution is 2.12. The lowest BCUT2D eigenvalue weighted by Gasteiger charge is -2.25. The summed E-state index contributed by atoms with van der Waals surface area (Å²) >= 11 is 0. The van der Waals surface area contributed by atoms with Crippen molar-refractivity contribution in [2.75, 3.05) is 24.5 Å². The standard InChI is InChI=1S/C12H21N3/c1-4-15(9-10(2)8-13)12-7-5-6-11(3)14-12/h5-7,10H,4,8-9,13H2,1-3H3. The molecule has 0 fully saturated rings. The van der Waals surface area contributed by atoms with E-state index in [2.05, 4.69) is 29.8 Å². The molecule has 1 atom stereocenters. The summed E-state index contributed by atoms with van der Waals surface area (Å²) in [4.78, 5) is 6.79. The van der Waals surface area contributed by atoms with E-state index in [0.29, 0.717) is 5.92 Å². The van der Waals surface area contributed by atoms with Crippen molar-refractivity contribution >= 4 is 5.82 Å². The van der Waals surface area contributed by atoms with Gasteiger partial charge in [-0.25, -0.2) is 4.98 Å². The molecular weight excluding hydrogens is 186 g/mol. The summed E-state index contributed by atoms with van der Waals surface area (Å²) < 4.78 is 0. The van der Waals surface area contributed by atoms with Crippen molar-refractivity contribution in [1.29, 1.82) is 0 Å². The molecule has 0 aliphatic rings. The Hall–Kier alpha value is -1.09. The van der Waals surface area contributed by atoms with E-state index in [4.69, 9.17) is 5.73 Å². The van der Waals surface area contributed by atoms with Crippen LogP contribution in [0.5, 0.6) is 0 Å². The van der Waals surface area contributed by atoms with Crippen LogP contribution in [0.15, 0.2) is 18.2 Å². The Bertz CT molecular complexity index is 299. The SMILES string of the molecule is CCN(CC(C)CN)c1cccc(C)n1. The van der Waals surface area contributed by atoms with E-state index in [1.165, 1.54) is 0 Å². The maximum Gasteiger partial charge on any atom is 0.128 e. The molecule has 0 saturated heterocycles. The Balaban J connectivity index is 2.73. The van der Waals surface area contributed by atoms with Crippen molar-refractivity contribution < 1.29 is 0 Å². The van der Waals surface area contributed by atoms with Crippen molar-refractivity contribution in [2.24, 2.45) is 11.7 Å². The van der Waals surface area contributed by atoms with Crippen LogP contribution in [0.3, 0.4) is 0 Å². The highest BCUT2D eigenvalue weighted by atomic mass is 15.2. The molecule has 1 unspecified atom stereocenters. The lowest BCUT2D eigenvalue weighted by Crippen LogP contribution is -2.32. The Labute approximate surface area is 92.3 Å². The van der Waals surface area contributed by atoms with Gasteiger partial charge in [-0.3, -0.25) is 0 Å². The fourth-order valence-corrected chi connectivity index (χ4v) is 1.54. The first-order valence-electron chi connectivity index (χ1n) is 5.56. The summed E-state index contributed by atoms with van der Waals surface area (Å²) in [6.45, 7) is 9.00. The molecule has 3 heteroatoms. The van der Waals surface area contributed by atoms with Crippen LogP contribution < -0.4 is 10.6 Å². The molecule has 2 N–H and O–H groups in total. The highest BCUT2D eigenvalue weighted by molar-refractivity contribution is 5.38. The molecular formula is C12H21N3. The molecule has 84 valence electrons. The predicted octanol–water partition coefficient (Wildman–Crippen LogP) is 1.81. The molecule has 0 saturated carbocycles. The second kappa shape index (κ2) is 5.71. The van der Waals surface area contributed by atoms with Gasteiger partial charge in [0.1, 0.15) is 5.82 Å². The van der Waals surface area contributed by atoms with Crippen LogP contribution in [0, 0.1) is 12.8 Å². The van der Waals surface area contributed by atoms with Crippen molar-refractivity contribution in [1.82, 2.24) is 4.98 Å². The Morgan fingerprint density at radius 3 is 2.73 bits per heavy atom. The fraction of sp³-hybridized carbons (Fsp3) is 0.583. The van der Waals surface area contributed by atoms with E-state index in [1.807, 2.05) is 19.1 Å². The van der Waals surface area contributed by atoms with Crippen LogP contribution in [-0.2, 0) is 0 Å². The van der Waals surface area contributed by atoms with Gasteiger partial charge in [-0.05, 0) is 38.4 Å². The number of hydrogen-bond acceptors (Lipinski definition) is 3. The number of aryl methyl sites for hydroxylation is 1. The summed E-state index contributed by atoms with van der Waals surface area (Å²) in [5.74, 6) is 1.56. The van der Waals surface area contributed by atoms with Gasteiger partial charge in [0.25, 0.3) is 0 Å². The smallest absolute Gasteiger partial charge is 0.128 e. The molecule has 0 aliphatic carbocycles. The van der Waals surface area contributed by atoms with E-state index in [0.717, 1.165) is 31.1 Å². The van der Waals surface area contributed by atoms with Crippen molar-refractivity contribution in [3.63, 3.8) is 0 Å². The van der Waals surface area contributed by atoms with Crippen LogP contribution in [-0.4, -0.2) is 24.6 Å². The van der Waals surface area contributed by atoms with E-state index >= 15 is 0 Å². The monoisotopic (exact) mass is 207 g/mol. The number of hydrogen-bond donors (Lipinski definition) is 1. The lowest BCUT2D eigenvalue weighted by atomic mass is 10.1. The third-order valence-corrected chi connectivity index (χ3v) is 2.51. The van der Waals surface area contributed by atoms with Crippen molar-refractivity contribution in [3.05, 3.63) is 23.9 Å². The largest absolute Gasteiger partial charge is 0.357 e. The average Bonchev–Trinajstić information content (AvgIpc) is 2.25. The molecule has 0 radical (unpaired) electrons. The molecule has 15 heavy (non-hydrogen) atoms.